The molecule has 0 atom stereocenters. The van der Waals surface area contributed by atoms with Crippen molar-refractivity contribution in [3.05, 3.63) is 78.1 Å². The van der Waals surface area contributed by atoms with E-state index in [4.69, 9.17) is 5.73 Å². The summed E-state index contributed by atoms with van der Waals surface area (Å²) in [5.41, 5.74) is 8.38. The molecule has 3 aromatic rings. The van der Waals surface area contributed by atoms with E-state index in [1.807, 2.05) is 0 Å². The Hall–Kier alpha value is -4.20. The number of halogens is 1. The number of carbonyl (C=O) groups is 3. The van der Waals surface area contributed by atoms with Gasteiger partial charge in [0.25, 0.3) is 5.91 Å². The van der Waals surface area contributed by atoms with Crippen molar-refractivity contribution in [2.24, 2.45) is 0 Å². The highest BCUT2D eigenvalue weighted by atomic mass is 19.1. The second kappa shape index (κ2) is 9.58. The molecule has 4 N–H and O–H groups in total. The van der Waals surface area contributed by atoms with Crippen LogP contribution < -0.4 is 16.4 Å². The molecule has 180 valence electrons. The number of hydrogen-bond donors (Lipinski definition) is 3. The molecule has 1 heterocycles. The summed E-state index contributed by atoms with van der Waals surface area (Å²) in [6.07, 6.45) is 1.20. The van der Waals surface area contributed by atoms with Gasteiger partial charge in [0.1, 0.15) is 11.4 Å². The zero-order valence-electron chi connectivity index (χ0n) is 19.6. The molecule has 0 radical (unpaired) electrons. The average Bonchev–Trinajstić information content (AvgIpc) is 3.28. The maximum Gasteiger partial charge on any atom is 0.255 e. The van der Waals surface area contributed by atoms with Gasteiger partial charge in [-0.15, -0.1) is 0 Å². The van der Waals surface area contributed by atoms with Crippen LogP contribution in [0.25, 0.3) is 11.1 Å². The van der Waals surface area contributed by atoms with Gasteiger partial charge in [-0.25, -0.2) is 4.39 Å². The Morgan fingerprint density at radius 2 is 1.60 bits per heavy atom. The van der Waals surface area contributed by atoms with Crippen molar-refractivity contribution in [3.63, 3.8) is 0 Å². The summed E-state index contributed by atoms with van der Waals surface area (Å²) in [6, 6.07) is 17.7. The van der Waals surface area contributed by atoms with Gasteiger partial charge in [-0.05, 0) is 79.9 Å². The maximum atomic E-state index is 13.2. The third kappa shape index (κ3) is 5.16. The first-order valence-corrected chi connectivity index (χ1v) is 11.3. The van der Waals surface area contributed by atoms with Gasteiger partial charge < -0.3 is 21.3 Å². The molecule has 35 heavy (non-hydrogen) atoms. The Morgan fingerprint density at radius 3 is 2.23 bits per heavy atom. The van der Waals surface area contributed by atoms with E-state index < -0.39 is 5.54 Å². The standard InChI is InChI=1S/C27H27FN4O3/c1-27(2,32-15-3-4-24(32)33)26(35)30-21-12-7-18(8-13-21)25(34)31-23-16-19(9-14-22(23)29)17-5-10-20(28)11-6-17/h5-14,16H,3-4,15,29H2,1-2H3,(H,30,35)(H,31,34). The lowest BCUT2D eigenvalue weighted by atomic mass is 10.0. The molecule has 8 heteroatoms. The Balaban J connectivity index is 1.44. The zero-order valence-corrected chi connectivity index (χ0v) is 19.6. The summed E-state index contributed by atoms with van der Waals surface area (Å²) in [6.45, 7) is 4.00. The van der Waals surface area contributed by atoms with E-state index in [9.17, 15) is 18.8 Å². The number of nitrogen functional groups attached to an aromatic ring is 1. The van der Waals surface area contributed by atoms with E-state index in [1.165, 1.54) is 12.1 Å². The summed E-state index contributed by atoms with van der Waals surface area (Å²) in [7, 11) is 0. The Morgan fingerprint density at radius 1 is 0.943 bits per heavy atom. The highest BCUT2D eigenvalue weighted by Gasteiger charge is 2.39. The van der Waals surface area contributed by atoms with Crippen molar-refractivity contribution in [1.82, 2.24) is 4.90 Å². The molecule has 0 unspecified atom stereocenters. The van der Waals surface area contributed by atoms with E-state index in [0.717, 1.165) is 17.5 Å². The Bertz CT molecular complexity index is 1270. The highest BCUT2D eigenvalue weighted by molar-refractivity contribution is 6.06. The number of nitrogens with zero attached hydrogens (tertiary/aromatic N) is 1. The number of amides is 3. The van der Waals surface area contributed by atoms with Crippen molar-refractivity contribution in [3.8, 4) is 11.1 Å². The van der Waals surface area contributed by atoms with E-state index in [1.54, 1.807) is 73.3 Å². The SMILES string of the molecule is CC(C)(C(=O)Nc1ccc(C(=O)Nc2cc(-c3ccc(F)cc3)ccc2N)cc1)N1CCCC1=O. The first-order chi connectivity index (χ1) is 16.6. The second-order valence-electron chi connectivity index (χ2n) is 9.00. The third-order valence-electron chi connectivity index (χ3n) is 6.19. The van der Waals surface area contributed by atoms with Crippen molar-refractivity contribution in [2.75, 3.05) is 22.9 Å². The molecule has 1 aliphatic rings. The van der Waals surface area contributed by atoms with E-state index >= 15 is 0 Å². The number of likely N-dealkylation sites (tertiary alicyclic amines) is 1. The van der Waals surface area contributed by atoms with E-state index in [-0.39, 0.29) is 23.5 Å². The van der Waals surface area contributed by atoms with Crippen molar-refractivity contribution < 1.29 is 18.8 Å². The number of hydrogen-bond acceptors (Lipinski definition) is 4. The second-order valence-corrected chi connectivity index (χ2v) is 9.00. The van der Waals surface area contributed by atoms with Gasteiger partial charge in [0.05, 0.1) is 11.4 Å². The summed E-state index contributed by atoms with van der Waals surface area (Å²) < 4.78 is 13.2. The molecule has 0 bridgehead atoms. The summed E-state index contributed by atoms with van der Waals surface area (Å²) in [4.78, 5) is 39.3. The van der Waals surface area contributed by atoms with Crippen LogP contribution in [0.4, 0.5) is 21.5 Å². The molecule has 3 amide bonds. The lowest BCUT2D eigenvalue weighted by molar-refractivity contribution is -0.139. The molecular weight excluding hydrogens is 447 g/mol. The van der Waals surface area contributed by atoms with Gasteiger partial charge in [0.2, 0.25) is 11.8 Å². The molecule has 1 aliphatic heterocycles. The van der Waals surface area contributed by atoms with Gasteiger partial charge in [-0.2, -0.15) is 0 Å². The smallest absolute Gasteiger partial charge is 0.255 e. The summed E-state index contributed by atoms with van der Waals surface area (Å²) >= 11 is 0. The van der Waals surface area contributed by atoms with Crippen molar-refractivity contribution in [1.29, 1.82) is 0 Å². The van der Waals surface area contributed by atoms with Crippen molar-refractivity contribution >= 4 is 34.8 Å². The van der Waals surface area contributed by atoms with Crippen LogP contribution in [0.15, 0.2) is 66.7 Å². The van der Waals surface area contributed by atoms with Crippen LogP contribution in [0.3, 0.4) is 0 Å². The fraction of sp³-hybridized carbons (Fsp3) is 0.222. The summed E-state index contributed by atoms with van der Waals surface area (Å²) in [5, 5.41) is 5.63. The molecule has 0 aliphatic carbocycles. The Labute approximate surface area is 203 Å². The molecule has 0 aromatic heterocycles. The molecule has 3 aromatic carbocycles. The van der Waals surface area contributed by atoms with E-state index in [2.05, 4.69) is 10.6 Å². The minimum absolute atomic E-state index is 0.0278. The van der Waals surface area contributed by atoms with Gasteiger partial charge in [0, 0.05) is 24.2 Å². The number of nitrogens with two attached hydrogens (primary N) is 1. The van der Waals surface area contributed by atoms with Crippen LogP contribution in [0.5, 0.6) is 0 Å². The maximum absolute atomic E-state index is 13.2. The molecule has 4 rings (SSSR count). The molecule has 1 saturated heterocycles. The van der Waals surface area contributed by atoms with Crippen LogP contribution in [-0.4, -0.2) is 34.7 Å². The van der Waals surface area contributed by atoms with Crippen LogP contribution in [-0.2, 0) is 9.59 Å². The molecule has 1 fully saturated rings. The van der Waals surface area contributed by atoms with Gasteiger partial charge >= 0.3 is 0 Å². The monoisotopic (exact) mass is 474 g/mol. The fourth-order valence-corrected chi connectivity index (χ4v) is 4.03. The average molecular weight is 475 g/mol. The fourth-order valence-electron chi connectivity index (χ4n) is 4.03. The van der Waals surface area contributed by atoms with Gasteiger partial charge in [0.15, 0.2) is 0 Å². The lowest BCUT2D eigenvalue weighted by Gasteiger charge is -2.34. The molecule has 0 spiro atoms. The predicted octanol–water partition coefficient (Wildman–Crippen LogP) is 4.67. The summed E-state index contributed by atoms with van der Waals surface area (Å²) in [5.74, 6) is -1.02. The molecular formula is C27H27FN4O3. The number of nitrogens with one attached hydrogen (secondary N) is 2. The first kappa shape index (κ1) is 23.9. The first-order valence-electron chi connectivity index (χ1n) is 11.3. The largest absolute Gasteiger partial charge is 0.397 e. The normalized spacial score (nSPS) is 13.6. The minimum Gasteiger partial charge on any atom is -0.397 e. The van der Waals surface area contributed by atoms with Gasteiger partial charge in [-0.3, -0.25) is 14.4 Å². The van der Waals surface area contributed by atoms with Gasteiger partial charge in [-0.1, -0.05) is 18.2 Å². The zero-order chi connectivity index (χ0) is 25.2. The Kier molecular flexibility index (Phi) is 6.55. The topological polar surface area (TPSA) is 105 Å². The number of carbonyl (C=O) groups excluding carboxylic acids is 3. The highest BCUT2D eigenvalue weighted by Crippen LogP contribution is 2.28. The number of benzene rings is 3. The molecule has 7 nitrogen and oxygen atoms in total. The van der Waals surface area contributed by atoms with Crippen LogP contribution >= 0.6 is 0 Å². The van der Waals surface area contributed by atoms with E-state index in [0.29, 0.717) is 35.6 Å². The molecule has 0 saturated carbocycles. The number of anilines is 3. The quantitative estimate of drug-likeness (QED) is 0.452. The van der Waals surface area contributed by atoms with Crippen LogP contribution in [0, 0.1) is 5.82 Å². The van der Waals surface area contributed by atoms with Crippen LogP contribution in [0.1, 0.15) is 37.0 Å². The number of rotatable bonds is 6. The third-order valence-corrected chi connectivity index (χ3v) is 6.19. The minimum atomic E-state index is -0.976. The van der Waals surface area contributed by atoms with Crippen molar-refractivity contribution in [2.45, 2.75) is 32.2 Å². The van der Waals surface area contributed by atoms with Crippen LogP contribution in [0.2, 0.25) is 0 Å². The lowest BCUT2D eigenvalue weighted by Crippen LogP contribution is -2.53. The predicted molar refractivity (Wildman–Crippen MR) is 134 cm³/mol.